The van der Waals surface area contributed by atoms with E-state index in [0.717, 1.165) is 34.8 Å². The summed E-state index contributed by atoms with van der Waals surface area (Å²) in [4.78, 5) is 0.379. The highest BCUT2D eigenvalue weighted by Crippen LogP contribution is 2.31. The zero-order chi connectivity index (χ0) is 16.4. The van der Waals surface area contributed by atoms with Crippen molar-refractivity contribution in [1.82, 2.24) is 14.5 Å². The Labute approximate surface area is 141 Å². The lowest BCUT2D eigenvalue weighted by Gasteiger charge is -2.30. The van der Waals surface area contributed by atoms with Gasteiger partial charge in [-0.1, -0.05) is 19.1 Å². The number of piperidine rings is 1. The first-order valence-corrected chi connectivity index (χ1v) is 10.2. The molecule has 2 heterocycles. The number of benzene rings is 1. The summed E-state index contributed by atoms with van der Waals surface area (Å²) in [5.74, 6) is 0.152. The quantitative estimate of drug-likeness (QED) is 0.849. The molecule has 0 bridgehead atoms. The second kappa shape index (κ2) is 6.67. The van der Waals surface area contributed by atoms with Gasteiger partial charge in [-0.2, -0.15) is 4.31 Å². The standard InChI is InChI=1S/C16H21N3O2S2/c1-3-13-6-8-15(9-7-13)23(20,21)19-10-4-5-14(11-19)16-18-17-12(2)22-16/h6-9,14H,3-5,10-11H2,1-2H3. The maximum Gasteiger partial charge on any atom is 0.243 e. The fourth-order valence-electron chi connectivity index (χ4n) is 2.89. The van der Waals surface area contributed by atoms with Gasteiger partial charge in [0.25, 0.3) is 0 Å². The maximum absolute atomic E-state index is 12.9. The number of hydrogen-bond acceptors (Lipinski definition) is 5. The van der Waals surface area contributed by atoms with Gasteiger partial charge in [-0.3, -0.25) is 0 Å². The molecule has 23 heavy (non-hydrogen) atoms. The van der Waals surface area contributed by atoms with Crippen molar-refractivity contribution in [3.8, 4) is 0 Å². The Morgan fingerprint density at radius 3 is 2.61 bits per heavy atom. The third-order valence-electron chi connectivity index (χ3n) is 4.24. The van der Waals surface area contributed by atoms with E-state index in [4.69, 9.17) is 0 Å². The molecule has 1 aromatic carbocycles. The highest BCUT2D eigenvalue weighted by atomic mass is 32.2. The number of nitrogens with zero attached hydrogens (tertiary/aromatic N) is 3. The van der Waals surface area contributed by atoms with E-state index in [2.05, 4.69) is 17.1 Å². The van der Waals surface area contributed by atoms with Gasteiger partial charge in [0.2, 0.25) is 10.0 Å². The van der Waals surface area contributed by atoms with Gasteiger partial charge in [0.1, 0.15) is 10.0 Å². The molecule has 5 nitrogen and oxygen atoms in total. The molecule has 3 rings (SSSR count). The van der Waals surface area contributed by atoms with Gasteiger partial charge in [0.05, 0.1) is 4.90 Å². The molecule has 0 N–H and O–H groups in total. The monoisotopic (exact) mass is 351 g/mol. The van der Waals surface area contributed by atoms with Crippen LogP contribution in [0.15, 0.2) is 29.2 Å². The lowest BCUT2D eigenvalue weighted by atomic mass is 10.0. The normalized spacial score (nSPS) is 19.8. The van der Waals surface area contributed by atoms with Crippen LogP contribution in [0.5, 0.6) is 0 Å². The van der Waals surface area contributed by atoms with Crippen molar-refractivity contribution in [3.05, 3.63) is 39.8 Å². The van der Waals surface area contributed by atoms with Crippen molar-refractivity contribution in [2.45, 2.75) is 43.9 Å². The lowest BCUT2D eigenvalue weighted by molar-refractivity contribution is 0.314. The van der Waals surface area contributed by atoms with Crippen LogP contribution in [-0.4, -0.2) is 36.0 Å². The van der Waals surface area contributed by atoms with E-state index in [9.17, 15) is 8.42 Å². The Morgan fingerprint density at radius 2 is 2.00 bits per heavy atom. The first-order valence-electron chi connectivity index (χ1n) is 7.90. The van der Waals surface area contributed by atoms with Gasteiger partial charge in [0, 0.05) is 19.0 Å². The second-order valence-electron chi connectivity index (χ2n) is 5.86. The molecule has 0 radical (unpaired) electrons. The number of aryl methyl sites for hydroxylation is 2. The van der Waals surface area contributed by atoms with E-state index in [0.29, 0.717) is 18.0 Å². The van der Waals surface area contributed by atoms with E-state index in [-0.39, 0.29) is 5.92 Å². The molecule has 0 spiro atoms. The fourth-order valence-corrected chi connectivity index (χ4v) is 5.23. The minimum absolute atomic E-state index is 0.152. The van der Waals surface area contributed by atoms with Gasteiger partial charge in [-0.25, -0.2) is 8.42 Å². The van der Waals surface area contributed by atoms with Crippen molar-refractivity contribution in [2.24, 2.45) is 0 Å². The summed E-state index contributed by atoms with van der Waals surface area (Å²) in [5.41, 5.74) is 1.14. The topological polar surface area (TPSA) is 63.2 Å². The second-order valence-corrected chi connectivity index (χ2v) is 9.01. The van der Waals surface area contributed by atoms with Crippen LogP contribution >= 0.6 is 11.3 Å². The van der Waals surface area contributed by atoms with E-state index in [1.807, 2.05) is 19.1 Å². The van der Waals surface area contributed by atoms with E-state index in [1.165, 1.54) is 0 Å². The molecule has 1 aliphatic rings. The van der Waals surface area contributed by atoms with Crippen LogP contribution in [0.1, 0.15) is 41.3 Å². The van der Waals surface area contributed by atoms with Crippen LogP contribution in [0.3, 0.4) is 0 Å². The Balaban J connectivity index is 1.81. The van der Waals surface area contributed by atoms with E-state index >= 15 is 0 Å². The molecule has 1 fully saturated rings. The number of sulfonamides is 1. The Kier molecular flexibility index (Phi) is 4.79. The summed E-state index contributed by atoms with van der Waals surface area (Å²) in [6.07, 6.45) is 2.73. The molecule has 124 valence electrons. The van der Waals surface area contributed by atoms with Crippen LogP contribution in [0.2, 0.25) is 0 Å². The molecule has 2 aromatic rings. The fraction of sp³-hybridized carbons (Fsp3) is 0.500. The average molecular weight is 351 g/mol. The molecule has 1 aromatic heterocycles. The molecule has 7 heteroatoms. The average Bonchev–Trinajstić information content (AvgIpc) is 3.01. The zero-order valence-electron chi connectivity index (χ0n) is 13.4. The van der Waals surface area contributed by atoms with Gasteiger partial charge < -0.3 is 0 Å². The zero-order valence-corrected chi connectivity index (χ0v) is 15.0. The minimum atomic E-state index is -3.43. The number of aromatic nitrogens is 2. The molecule has 1 aliphatic heterocycles. The first-order chi connectivity index (χ1) is 11.0. The van der Waals surface area contributed by atoms with Crippen molar-refractivity contribution >= 4 is 21.4 Å². The SMILES string of the molecule is CCc1ccc(S(=O)(=O)N2CCCC(c3nnc(C)s3)C2)cc1. The molecule has 0 aliphatic carbocycles. The lowest BCUT2D eigenvalue weighted by Crippen LogP contribution is -2.39. The Bertz CT molecular complexity index is 769. The number of hydrogen-bond donors (Lipinski definition) is 0. The van der Waals surface area contributed by atoms with Crippen LogP contribution in [-0.2, 0) is 16.4 Å². The van der Waals surface area contributed by atoms with Gasteiger partial charge >= 0.3 is 0 Å². The van der Waals surface area contributed by atoms with Crippen LogP contribution in [0, 0.1) is 6.92 Å². The van der Waals surface area contributed by atoms with E-state index < -0.39 is 10.0 Å². The molecular weight excluding hydrogens is 330 g/mol. The van der Waals surface area contributed by atoms with Crippen molar-refractivity contribution in [2.75, 3.05) is 13.1 Å². The predicted octanol–water partition coefficient (Wildman–Crippen LogP) is 2.98. The third-order valence-corrected chi connectivity index (χ3v) is 7.12. The summed E-state index contributed by atoms with van der Waals surface area (Å²) in [5, 5.41) is 10.1. The molecule has 1 saturated heterocycles. The highest BCUT2D eigenvalue weighted by Gasteiger charge is 2.32. The van der Waals surface area contributed by atoms with Crippen LogP contribution < -0.4 is 0 Å². The molecule has 1 unspecified atom stereocenters. The van der Waals surface area contributed by atoms with Crippen molar-refractivity contribution in [3.63, 3.8) is 0 Å². The van der Waals surface area contributed by atoms with Gasteiger partial charge in [-0.15, -0.1) is 21.5 Å². The van der Waals surface area contributed by atoms with Gasteiger partial charge in [0.15, 0.2) is 0 Å². The molecule has 0 saturated carbocycles. The summed E-state index contributed by atoms with van der Waals surface area (Å²) in [7, 11) is -3.43. The predicted molar refractivity (Wildman–Crippen MR) is 91.2 cm³/mol. The molecule has 0 amide bonds. The third kappa shape index (κ3) is 3.46. The van der Waals surface area contributed by atoms with E-state index in [1.54, 1.807) is 27.8 Å². The number of rotatable bonds is 4. The summed E-state index contributed by atoms with van der Waals surface area (Å²) < 4.78 is 27.3. The highest BCUT2D eigenvalue weighted by molar-refractivity contribution is 7.89. The van der Waals surface area contributed by atoms with Gasteiger partial charge in [-0.05, 0) is 43.9 Å². The van der Waals surface area contributed by atoms with Crippen molar-refractivity contribution in [1.29, 1.82) is 0 Å². The molecule has 1 atom stereocenters. The smallest absolute Gasteiger partial charge is 0.207 e. The summed E-state index contributed by atoms with van der Waals surface area (Å²) in [6, 6.07) is 7.21. The first kappa shape index (κ1) is 16.5. The Morgan fingerprint density at radius 1 is 1.26 bits per heavy atom. The maximum atomic E-state index is 12.9. The van der Waals surface area contributed by atoms with Crippen molar-refractivity contribution < 1.29 is 8.42 Å². The summed E-state index contributed by atoms with van der Waals surface area (Å²) >= 11 is 1.56. The van der Waals surface area contributed by atoms with Crippen LogP contribution in [0.25, 0.3) is 0 Å². The van der Waals surface area contributed by atoms with Crippen LogP contribution in [0.4, 0.5) is 0 Å². The largest absolute Gasteiger partial charge is 0.243 e. The Hall–Kier alpha value is -1.31. The summed E-state index contributed by atoms with van der Waals surface area (Å²) in [6.45, 7) is 5.05. The molecular formula is C16H21N3O2S2. The minimum Gasteiger partial charge on any atom is -0.207 e.